The monoisotopic (exact) mass is 309 g/mol. The van der Waals surface area contributed by atoms with Gasteiger partial charge in [-0.15, -0.1) is 0 Å². The SMILES string of the molecule is CC(C)(C)OC(=O)[C@@H]1[C@@H](c2ccccc2)N1Cc1ccccc1. The standard InChI is InChI=1S/C20H23NO2/c1-20(2,3)23-19(22)18-17(16-12-8-5-9-13-16)21(18)14-15-10-6-4-7-11-15/h4-13,17-18H,14H2,1-3H3/t17-,18+,21?/m1/s1. The van der Waals surface area contributed by atoms with Crippen LogP contribution in [0.25, 0.3) is 0 Å². The number of esters is 1. The third-order valence-corrected chi connectivity index (χ3v) is 3.92. The van der Waals surface area contributed by atoms with Crippen LogP contribution in [0.4, 0.5) is 0 Å². The van der Waals surface area contributed by atoms with Crippen molar-refractivity contribution in [1.82, 2.24) is 4.90 Å². The molecule has 0 saturated carbocycles. The summed E-state index contributed by atoms with van der Waals surface area (Å²) in [5.74, 6) is -0.137. The van der Waals surface area contributed by atoms with Crippen molar-refractivity contribution in [3.05, 3.63) is 71.8 Å². The Kier molecular flexibility index (Phi) is 4.22. The number of carbonyl (C=O) groups excluding carboxylic acids is 1. The number of carbonyl (C=O) groups is 1. The van der Waals surface area contributed by atoms with E-state index < -0.39 is 5.60 Å². The molecule has 3 rings (SSSR count). The van der Waals surface area contributed by atoms with Crippen molar-refractivity contribution in [2.75, 3.05) is 0 Å². The van der Waals surface area contributed by atoms with Crippen LogP contribution in [0, 0.1) is 0 Å². The van der Waals surface area contributed by atoms with Crippen LogP contribution in [0.3, 0.4) is 0 Å². The number of benzene rings is 2. The average molecular weight is 309 g/mol. The van der Waals surface area contributed by atoms with E-state index in [1.165, 1.54) is 11.1 Å². The van der Waals surface area contributed by atoms with E-state index >= 15 is 0 Å². The Bertz CT molecular complexity index is 661. The maximum absolute atomic E-state index is 12.5. The summed E-state index contributed by atoms with van der Waals surface area (Å²) in [6.07, 6.45) is 0. The highest BCUT2D eigenvalue weighted by Crippen LogP contribution is 2.45. The quantitative estimate of drug-likeness (QED) is 0.632. The summed E-state index contributed by atoms with van der Waals surface area (Å²) in [7, 11) is 0. The molecule has 0 aromatic heterocycles. The van der Waals surface area contributed by atoms with Gasteiger partial charge in [-0.05, 0) is 31.9 Å². The van der Waals surface area contributed by atoms with Crippen LogP contribution < -0.4 is 0 Å². The minimum atomic E-state index is -0.459. The molecule has 3 heteroatoms. The van der Waals surface area contributed by atoms with Crippen LogP contribution in [0.5, 0.6) is 0 Å². The fourth-order valence-corrected chi connectivity index (χ4v) is 2.92. The average Bonchev–Trinajstić information content (AvgIpc) is 3.21. The molecule has 120 valence electrons. The molecule has 1 fully saturated rings. The largest absolute Gasteiger partial charge is 0.459 e. The number of hydrogen-bond acceptors (Lipinski definition) is 3. The van der Waals surface area contributed by atoms with Gasteiger partial charge in [0, 0.05) is 6.54 Å². The predicted molar refractivity (Wildman–Crippen MR) is 90.8 cm³/mol. The van der Waals surface area contributed by atoms with E-state index in [-0.39, 0.29) is 18.1 Å². The lowest BCUT2D eigenvalue weighted by Gasteiger charge is -2.19. The van der Waals surface area contributed by atoms with Gasteiger partial charge in [0.15, 0.2) is 0 Å². The molecule has 1 saturated heterocycles. The van der Waals surface area contributed by atoms with Crippen molar-refractivity contribution in [3.63, 3.8) is 0 Å². The predicted octanol–water partition coefficient (Wildman–Crippen LogP) is 3.95. The zero-order valence-corrected chi connectivity index (χ0v) is 13.9. The molecule has 3 atom stereocenters. The van der Waals surface area contributed by atoms with Crippen LogP contribution in [0.1, 0.15) is 37.9 Å². The summed E-state index contributed by atoms with van der Waals surface area (Å²) >= 11 is 0. The molecule has 2 aromatic carbocycles. The summed E-state index contributed by atoms with van der Waals surface area (Å²) in [6, 6.07) is 20.3. The first kappa shape index (κ1) is 15.8. The van der Waals surface area contributed by atoms with Gasteiger partial charge in [0.05, 0.1) is 6.04 Å². The lowest BCUT2D eigenvalue weighted by Crippen LogP contribution is -2.28. The van der Waals surface area contributed by atoms with Gasteiger partial charge < -0.3 is 4.74 Å². The van der Waals surface area contributed by atoms with Gasteiger partial charge in [-0.1, -0.05) is 60.7 Å². The van der Waals surface area contributed by atoms with E-state index in [1.807, 2.05) is 57.2 Å². The van der Waals surface area contributed by atoms with Crippen LogP contribution in [0.15, 0.2) is 60.7 Å². The first-order valence-electron chi connectivity index (χ1n) is 8.03. The molecule has 1 unspecified atom stereocenters. The lowest BCUT2D eigenvalue weighted by molar-refractivity contribution is -0.155. The summed E-state index contributed by atoms with van der Waals surface area (Å²) in [6.45, 7) is 6.48. The maximum Gasteiger partial charge on any atom is 0.325 e. The lowest BCUT2D eigenvalue weighted by atomic mass is 10.1. The van der Waals surface area contributed by atoms with Gasteiger partial charge in [-0.25, -0.2) is 0 Å². The molecular weight excluding hydrogens is 286 g/mol. The molecule has 23 heavy (non-hydrogen) atoms. The molecule has 3 nitrogen and oxygen atoms in total. The second-order valence-electron chi connectivity index (χ2n) is 6.99. The number of nitrogens with zero attached hydrogens (tertiary/aromatic N) is 1. The van der Waals surface area contributed by atoms with E-state index in [9.17, 15) is 4.79 Å². The van der Waals surface area contributed by atoms with Crippen LogP contribution >= 0.6 is 0 Å². The molecule has 2 aromatic rings. The number of ether oxygens (including phenoxy) is 1. The Labute approximate surface area is 137 Å². The highest BCUT2D eigenvalue weighted by molar-refractivity contribution is 5.81. The van der Waals surface area contributed by atoms with Crippen molar-refractivity contribution >= 4 is 5.97 Å². The van der Waals surface area contributed by atoms with Gasteiger partial charge in [0.2, 0.25) is 0 Å². The van der Waals surface area contributed by atoms with Crippen LogP contribution in [-0.2, 0) is 16.1 Å². The number of hydrogen-bond donors (Lipinski definition) is 0. The van der Waals surface area contributed by atoms with Crippen molar-refractivity contribution in [3.8, 4) is 0 Å². The molecule has 1 aliphatic rings. The zero-order chi connectivity index (χ0) is 16.4. The van der Waals surface area contributed by atoms with Gasteiger partial charge >= 0.3 is 5.97 Å². The normalized spacial score (nSPS) is 23.3. The fraction of sp³-hybridized carbons (Fsp3) is 0.350. The van der Waals surface area contributed by atoms with E-state index in [4.69, 9.17) is 4.74 Å². The summed E-state index contributed by atoms with van der Waals surface area (Å²) in [5.41, 5.74) is 1.91. The molecule has 1 heterocycles. The second-order valence-corrected chi connectivity index (χ2v) is 6.99. The van der Waals surface area contributed by atoms with E-state index in [0.29, 0.717) is 0 Å². The van der Waals surface area contributed by atoms with Gasteiger partial charge in [-0.3, -0.25) is 9.69 Å². The summed E-state index contributed by atoms with van der Waals surface area (Å²) in [4.78, 5) is 14.7. The Morgan fingerprint density at radius 2 is 1.57 bits per heavy atom. The third-order valence-electron chi connectivity index (χ3n) is 3.92. The molecule has 0 radical (unpaired) electrons. The number of rotatable bonds is 4. The Balaban J connectivity index is 1.79. The van der Waals surface area contributed by atoms with Gasteiger partial charge in [0.1, 0.15) is 11.6 Å². The molecule has 0 N–H and O–H groups in total. The third kappa shape index (κ3) is 3.80. The Morgan fingerprint density at radius 1 is 1.00 bits per heavy atom. The molecule has 0 aliphatic carbocycles. The van der Waals surface area contributed by atoms with Crippen molar-refractivity contribution < 1.29 is 9.53 Å². The highest BCUT2D eigenvalue weighted by atomic mass is 16.6. The van der Waals surface area contributed by atoms with E-state index in [0.717, 1.165) is 6.54 Å². The second kappa shape index (κ2) is 6.17. The maximum atomic E-state index is 12.5. The highest BCUT2D eigenvalue weighted by Gasteiger charge is 2.54. The molecule has 0 spiro atoms. The molecule has 1 aliphatic heterocycles. The molecule has 0 amide bonds. The van der Waals surface area contributed by atoms with Crippen molar-refractivity contribution in [1.29, 1.82) is 0 Å². The molecule has 0 bridgehead atoms. The molecular formula is C20H23NO2. The zero-order valence-electron chi connectivity index (χ0n) is 13.9. The van der Waals surface area contributed by atoms with Gasteiger partial charge in [0.25, 0.3) is 0 Å². The van der Waals surface area contributed by atoms with Crippen LogP contribution in [-0.4, -0.2) is 22.5 Å². The Morgan fingerprint density at radius 3 is 2.13 bits per heavy atom. The Hall–Kier alpha value is -2.13. The smallest absolute Gasteiger partial charge is 0.325 e. The van der Waals surface area contributed by atoms with Gasteiger partial charge in [-0.2, -0.15) is 0 Å². The first-order valence-corrected chi connectivity index (χ1v) is 8.03. The first-order chi connectivity index (χ1) is 11.0. The van der Waals surface area contributed by atoms with E-state index in [2.05, 4.69) is 29.2 Å². The fourth-order valence-electron chi connectivity index (χ4n) is 2.92. The van der Waals surface area contributed by atoms with Crippen molar-refractivity contribution in [2.45, 2.75) is 45.0 Å². The van der Waals surface area contributed by atoms with Crippen LogP contribution in [0.2, 0.25) is 0 Å². The summed E-state index contributed by atoms with van der Waals surface area (Å²) < 4.78 is 5.60. The summed E-state index contributed by atoms with van der Waals surface area (Å²) in [5, 5.41) is 0. The minimum absolute atomic E-state index is 0.103. The topological polar surface area (TPSA) is 29.3 Å². The minimum Gasteiger partial charge on any atom is -0.459 e. The van der Waals surface area contributed by atoms with E-state index in [1.54, 1.807) is 0 Å². The van der Waals surface area contributed by atoms with Crippen molar-refractivity contribution in [2.24, 2.45) is 0 Å².